The highest BCUT2D eigenvalue weighted by molar-refractivity contribution is 7.89. The monoisotopic (exact) mass is 368 g/mol. The van der Waals surface area contributed by atoms with Gasteiger partial charge in [0.05, 0.1) is 17.1 Å². The van der Waals surface area contributed by atoms with Crippen LogP contribution in [0.4, 0.5) is 5.69 Å². The van der Waals surface area contributed by atoms with Crippen LogP contribution in [-0.4, -0.2) is 43.3 Å². The molecule has 0 bridgehead atoms. The first-order valence-corrected chi connectivity index (χ1v) is 8.13. The van der Waals surface area contributed by atoms with Crippen molar-refractivity contribution in [2.24, 2.45) is 0 Å². The molecule has 1 fully saturated rings. The molecule has 1 aliphatic rings. The molecule has 8 nitrogen and oxygen atoms in total. The van der Waals surface area contributed by atoms with E-state index in [1.54, 1.807) is 0 Å². The third kappa shape index (κ3) is 2.65. The number of halogens is 2. The maximum atomic E-state index is 12.6. The molecule has 2 rings (SSSR count). The van der Waals surface area contributed by atoms with Crippen molar-refractivity contribution in [3.63, 3.8) is 0 Å². The van der Waals surface area contributed by atoms with E-state index in [1.165, 1.54) is 0 Å². The molecule has 1 saturated heterocycles. The molecule has 11 heteroatoms. The van der Waals surface area contributed by atoms with Gasteiger partial charge in [-0.15, -0.1) is 0 Å². The highest BCUT2D eigenvalue weighted by Gasteiger charge is 2.45. The van der Waals surface area contributed by atoms with Gasteiger partial charge in [0.15, 0.2) is 0 Å². The Balaban J connectivity index is 2.53. The van der Waals surface area contributed by atoms with Crippen molar-refractivity contribution >= 4 is 44.9 Å². The van der Waals surface area contributed by atoms with E-state index in [0.29, 0.717) is 0 Å². The minimum absolute atomic E-state index is 0.0669. The summed E-state index contributed by atoms with van der Waals surface area (Å²) in [6.45, 7) is 0.0669. The van der Waals surface area contributed by atoms with E-state index in [9.17, 15) is 23.3 Å². The zero-order chi connectivity index (χ0) is 16.7. The number of benzene rings is 1. The van der Waals surface area contributed by atoms with Crippen LogP contribution in [0.5, 0.6) is 0 Å². The van der Waals surface area contributed by atoms with Gasteiger partial charge in [-0.2, -0.15) is 4.31 Å². The van der Waals surface area contributed by atoms with E-state index >= 15 is 0 Å². The van der Waals surface area contributed by atoms with Crippen LogP contribution < -0.4 is 0 Å². The summed E-state index contributed by atoms with van der Waals surface area (Å²) in [5, 5.41) is 10.0. The number of carbonyl (C=O) groups is 1. The maximum absolute atomic E-state index is 12.6. The molecule has 1 aromatic carbocycles. The second-order valence-corrected chi connectivity index (χ2v) is 7.02. The average molecular weight is 369 g/mol. The van der Waals surface area contributed by atoms with Crippen LogP contribution in [0.3, 0.4) is 0 Å². The number of carbonyl (C=O) groups excluding carboxylic acids is 1. The van der Waals surface area contributed by atoms with Gasteiger partial charge in [-0.25, -0.2) is 8.42 Å². The summed E-state index contributed by atoms with van der Waals surface area (Å²) >= 11 is 11.7. The molecule has 120 valence electrons. The van der Waals surface area contributed by atoms with Gasteiger partial charge in [0.25, 0.3) is 5.69 Å². The maximum Gasteiger partial charge on any atom is 0.324 e. The Hall–Kier alpha value is -1.42. The largest absolute Gasteiger partial charge is 0.468 e. The van der Waals surface area contributed by atoms with Crippen molar-refractivity contribution in [3.8, 4) is 0 Å². The third-order valence-electron chi connectivity index (χ3n) is 3.24. The van der Waals surface area contributed by atoms with Crippen LogP contribution in [0.15, 0.2) is 17.0 Å². The number of ether oxygens (including phenoxy) is 1. The van der Waals surface area contributed by atoms with Gasteiger partial charge in [-0.1, -0.05) is 23.2 Å². The van der Waals surface area contributed by atoms with Crippen molar-refractivity contribution in [2.45, 2.75) is 17.4 Å². The molecule has 1 atom stereocenters. The first-order valence-electron chi connectivity index (χ1n) is 5.94. The standard InChI is InChI=1S/C11H10Cl2N2O6S/c1-21-11(16)8-4-5-14(8)22(19,20)10-6(12)2-3-7(9(10)13)15(17)18/h2-3,8H,4-5H2,1H3. The van der Waals surface area contributed by atoms with Crippen molar-refractivity contribution < 1.29 is 22.9 Å². The van der Waals surface area contributed by atoms with Gasteiger partial charge in [0, 0.05) is 12.6 Å². The molecule has 1 aliphatic heterocycles. The van der Waals surface area contributed by atoms with Gasteiger partial charge >= 0.3 is 5.97 Å². The van der Waals surface area contributed by atoms with Crippen molar-refractivity contribution in [3.05, 3.63) is 32.3 Å². The summed E-state index contributed by atoms with van der Waals surface area (Å²) in [6.07, 6.45) is 0.288. The Bertz CT molecular complexity index is 751. The number of hydrogen-bond acceptors (Lipinski definition) is 6. The van der Waals surface area contributed by atoms with Crippen molar-refractivity contribution in [2.75, 3.05) is 13.7 Å². The smallest absolute Gasteiger partial charge is 0.324 e. The number of sulfonamides is 1. The molecule has 0 N–H and O–H groups in total. The molecular weight excluding hydrogens is 359 g/mol. The van der Waals surface area contributed by atoms with Crippen LogP contribution in [-0.2, 0) is 19.6 Å². The summed E-state index contributed by atoms with van der Waals surface area (Å²) in [7, 11) is -3.12. The highest BCUT2D eigenvalue weighted by Crippen LogP contribution is 2.40. The SMILES string of the molecule is COC(=O)C1CCN1S(=O)(=O)c1c(Cl)ccc([N+](=O)[O-])c1Cl. The highest BCUT2D eigenvalue weighted by atomic mass is 35.5. The van der Waals surface area contributed by atoms with Gasteiger partial charge in [-0.3, -0.25) is 14.9 Å². The summed E-state index contributed by atoms with van der Waals surface area (Å²) < 4.78 is 30.6. The normalized spacial score (nSPS) is 18.6. The molecular formula is C11H10Cl2N2O6S. The van der Waals surface area contributed by atoms with E-state index in [1.807, 2.05) is 0 Å². The molecule has 0 aliphatic carbocycles. The summed E-state index contributed by atoms with van der Waals surface area (Å²) in [5.74, 6) is -0.715. The fourth-order valence-electron chi connectivity index (χ4n) is 2.04. The van der Waals surface area contributed by atoms with Gasteiger partial charge < -0.3 is 4.74 Å². The fourth-order valence-corrected chi connectivity index (χ4v) is 4.82. The molecule has 1 unspecified atom stereocenters. The molecule has 0 amide bonds. The molecule has 0 spiro atoms. The number of nitro groups is 1. The number of esters is 1. The Kier molecular flexibility index (Phi) is 4.62. The second-order valence-electron chi connectivity index (χ2n) is 4.41. The fraction of sp³-hybridized carbons (Fsp3) is 0.364. The van der Waals surface area contributed by atoms with Crippen LogP contribution >= 0.6 is 23.2 Å². The van der Waals surface area contributed by atoms with Crippen LogP contribution in [0.2, 0.25) is 10.0 Å². The quantitative estimate of drug-likeness (QED) is 0.455. The predicted molar refractivity (Wildman–Crippen MR) is 77.4 cm³/mol. The van der Waals surface area contributed by atoms with E-state index in [4.69, 9.17) is 23.2 Å². The van der Waals surface area contributed by atoms with E-state index in [0.717, 1.165) is 23.5 Å². The van der Waals surface area contributed by atoms with Gasteiger partial charge in [0.1, 0.15) is 16.0 Å². The minimum atomic E-state index is -4.26. The van der Waals surface area contributed by atoms with E-state index < -0.39 is 42.6 Å². The number of rotatable bonds is 4. The van der Waals surface area contributed by atoms with Gasteiger partial charge in [0.2, 0.25) is 10.0 Å². The summed E-state index contributed by atoms with van der Waals surface area (Å²) in [6, 6.07) is 1.10. The topological polar surface area (TPSA) is 107 Å². The molecule has 0 saturated carbocycles. The number of methoxy groups -OCH3 is 1. The number of hydrogen-bond donors (Lipinski definition) is 0. The molecule has 1 aromatic rings. The average Bonchev–Trinajstić information content (AvgIpc) is 2.35. The van der Waals surface area contributed by atoms with E-state index in [2.05, 4.69) is 4.74 Å². The van der Waals surface area contributed by atoms with Crippen LogP contribution in [0.25, 0.3) is 0 Å². The lowest BCUT2D eigenvalue weighted by atomic mass is 10.1. The summed E-state index contributed by atoms with van der Waals surface area (Å²) in [4.78, 5) is 21.0. The first kappa shape index (κ1) is 16.9. The van der Waals surface area contributed by atoms with Crippen LogP contribution in [0.1, 0.15) is 6.42 Å². The Morgan fingerprint density at radius 3 is 2.55 bits per heavy atom. The lowest BCUT2D eigenvalue weighted by Crippen LogP contribution is -2.55. The lowest BCUT2D eigenvalue weighted by Gasteiger charge is -2.37. The Labute approximate surface area is 135 Å². The van der Waals surface area contributed by atoms with Crippen molar-refractivity contribution in [1.82, 2.24) is 4.31 Å². The van der Waals surface area contributed by atoms with Gasteiger partial charge in [-0.05, 0) is 12.5 Å². The molecule has 1 heterocycles. The minimum Gasteiger partial charge on any atom is -0.468 e. The van der Waals surface area contributed by atoms with Crippen molar-refractivity contribution in [1.29, 1.82) is 0 Å². The second kappa shape index (κ2) is 5.99. The first-order chi connectivity index (χ1) is 10.2. The Morgan fingerprint density at radius 1 is 1.45 bits per heavy atom. The summed E-state index contributed by atoms with van der Waals surface area (Å²) in [5.41, 5.74) is -0.584. The number of nitrogens with zero attached hydrogens (tertiary/aromatic N) is 2. The molecule has 0 aromatic heterocycles. The van der Waals surface area contributed by atoms with Crippen LogP contribution in [0, 0.1) is 10.1 Å². The zero-order valence-electron chi connectivity index (χ0n) is 11.2. The van der Waals surface area contributed by atoms with E-state index in [-0.39, 0.29) is 18.0 Å². The third-order valence-corrected chi connectivity index (χ3v) is 6.15. The predicted octanol–water partition coefficient (Wildman–Crippen LogP) is 1.84. The number of nitro benzene ring substituents is 1. The Morgan fingerprint density at radius 2 is 2.09 bits per heavy atom. The zero-order valence-corrected chi connectivity index (χ0v) is 13.5. The molecule has 0 radical (unpaired) electrons. The lowest BCUT2D eigenvalue weighted by molar-refractivity contribution is -0.384. The molecule has 22 heavy (non-hydrogen) atoms.